The number of nitrogen functional groups attached to an aromatic ring is 1. The molecule has 0 atom stereocenters. The van der Waals surface area contributed by atoms with Crippen LogP contribution in [0.2, 0.25) is 0 Å². The lowest BCUT2D eigenvalue weighted by molar-refractivity contribution is 0.250. The van der Waals surface area contributed by atoms with Crippen LogP contribution in [-0.2, 0) is 6.54 Å². The first-order valence-corrected chi connectivity index (χ1v) is 8.08. The lowest BCUT2D eigenvalue weighted by Crippen LogP contribution is -2.46. The Morgan fingerprint density at radius 2 is 1.71 bits per heavy atom. The first-order valence-electron chi connectivity index (χ1n) is 7.28. The van der Waals surface area contributed by atoms with Crippen LogP contribution in [0, 0.1) is 0 Å². The van der Waals surface area contributed by atoms with Crippen molar-refractivity contribution in [1.29, 1.82) is 0 Å². The zero-order valence-electron chi connectivity index (χ0n) is 12.0. The van der Waals surface area contributed by atoms with Crippen LogP contribution < -0.4 is 10.6 Å². The highest BCUT2D eigenvalue weighted by molar-refractivity contribution is 9.10. The van der Waals surface area contributed by atoms with Crippen LogP contribution in [0.1, 0.15) is 5.56 Å². The van der Waals surface area contributed by atoms with Crippen LogP contribution in [0.15, 0.2) is 53.0 Å². The zero-order chi connectivity index (χ0) is 14.7. The Kier molecular flexibility index (Phi) is 4.46. The molecule has 1 aliphatic rings. The van der Waals surface area contributed by atoms with Gasteiger partial charge in [0.2, 0.25) is 0 Å². The molecule has 3 nitrogen and oxygen atoms in total. The highest BCUT2D eigenvalue weighted by Crippen LogP contribution is 2.24. The van der Waals surface area contributed by atoms with Gasteiger partial charge in [-0.3, -0.25) is 4.90 Å². The van der Waals surface area contributed by atoms with E-state index in [4.69, 9.17) is 5.73 Å². The van der Waals surface area contributed by atoms with Crippen molar-refractivity contribution in [2.75, 3.05) is 36.8 Å². The number of halogens is 1. The van der Waals surface area contributed by atoms with E-state index in [-0.39, 0.29) is 0 Å². The summed E-state index contributed by atoms with van der Waals surface area (Å²) in [7, 11) is 0. The lowest BCUT2D eigenvalue weighted by atomic mass is 10.2. The van der Waals surface area contributed by atoms with Crippen molar-refractivity contribution in [2.45, 2.75) is 6.54 Å². The molecular formula is C17H20BrN3. The van der Waals surface area contributed by atoms with Crippen molar-refractivity contribution >= 4 is 27.3 Å². The molecule has 4 heteroatoms. The van der Waals surface area contributed by atoms with Gasteiger partial charge in [0.1, 0.15) is 0 Å². The maximum absolute atomic E-state index is 6.07. The van der Waals surface area contributed by atoms with Gasteiger partial charge in [0.25, 0.3) is 0 Å². The molecular weight excluding hydrogens is 326 g/mol. The summed E-state index contributed by atoms with van der Waals surface area (Å²) in [5.41, 5.74) is 9.46. The quantitative estimate of drug-likeness (QED) is 0.865. The molecule has 21 heavy (non-hydrogen) atoms. The Labute approximate surface area is 134 Å². The smallest absolute Gasteiger partial charge is 0.0600 e. The predicted molar refractivity (Wildman–Crippen MR) is 92.5 cm³/mol. The number of piperazine rings is 1. The van der Waals surface area contributed by atoms with Gasteiger partial charge in [0.15, 0.2) is 0 Å². The summed E-state index contributed by atoms with van der Waals surface area (Å²) in [6.07, 6.45) is 0. The van der Waals surface area contributed by atoms with Crippen LogP contribution in [0.5, 0.6) is 0 Å². The molecule has 0 radical (unpaired) electrons. The van der Waals surface area contributed by atoms with E-state index in [9.17, 15) is 0 Å². The van der Waals surface area contributed by atoms with Gasteiger partial charge < -0.3 is 10.6 Å². The van der Waals surface area contributed by atoms with E-state index < -0.39 is 0 Å². The molecule has 0 saturated carbocycles. The number of hydrogen-bond acceptors (Lipinski definition) is 3. The first-order chi connectivity index (χ1) is 10.2. The number of para-hydroxylation sites is 2. The Balaban J connectivity index is 1.59. The zero-order valence-corrected chi connectivity index (χ0v) is 13.6. The molecule has 110 valence electrons. The van der Waals surface area contributed by atoms with Crippen molar-refractivity contribution < 1.29 is 0 Å². The Hall–Kier alpha value is -1.52. The van der Waals surface area contributed by atoms with Gasteiger partial charge in [-0.15, -0.1) is 0 Å². The minimum atomic E-state index is 0.873. The summed E-state index contributed by atoms with van der Waals surface area (Å²) < 4.78 is 1.15. The first kappa shape index (κ1) is 14.4. The predicted octanol–water partition coefficient (Wildman–Crippen LogP) is 3.35. The minimum absolute atomic E-state index is 0.873. The Bertz CT molecular complexity index is 606. The van der Waals surface area contributed by atoms with Crippen molar-refractivity contribution in [3.8, 4) is 0 Å². The topological polar surface area (TPSA) is 32.5 Å². The maximum Gasteiger partial charge on any atom is 0.0600 e. The van der Waals surface area contributed by atoms with Crippen molar-refractivity contribution in [1.82, 2.24) is 4.90 Å². The van der Waals surface area contributed by atoms with E-state index in [0.717, 1.165) is 42.9 Å². The molecule has 2 aromatic carbocycles. The minimum Gasteiger partial charge on any atom is -0.397 e. The van der Waals surface area contributed by atoms with Crippen molar-refractivity contribution in [3.05, 3.63) is 58.6 Å². The highest BCUT2D eigenvalue weighted by atomic mass is 79.9. The van der Waals surface area contributed by atoms with Gasteiger partial charge in [-0.25, -0.2) is 0 Å². The van der Waals surface area contributed by atoms with Gasteiger partial charge in [-0.1, -0.05) is 40.2 Å². The fourth-order valence-electron chi connectivity index (χ4n) is 2.82. The van der Waals surface area contributed by atoms with E-state index >= 15 is 0 Å². The van der Waals surface area contributed by atoms with Crippen LogP contribution in [0.4, 0.5) is 11.4 Å². The molecule has 0 spiro atoms. The second-order valence-corrected chi connectivity index (χ2v) is 6.37. The van der Waals surface area contributed by atoms with Gasteiger partial charge in [0, 0.05) is 37.2 Å². The van der Waals surface area contributed by atoms with Crippen molar-refractivity contribution in [2.24, 2.45) is 0 Å². The third-order valence-electron chi connectivity index (χ3n) is 3.94. The van der Waals surface area contributed by atoms with Crippen LogP contribution in [0.3, 0.4) is 0 Å². The molecule has 1 fully saturated rings. The largest absolute Gasteiger partial charge is 0.397 e. The number of rotatable bonds is 3. The normalized spacial score (nSPS) is 16.1. The van der Waals surface area contributed by atoms with Gasteiger partial charge in [0.05, 0.1) is 11.4 Å². The SMILES string of the molecule is Nc1ccccc1N1CCN(Cc2cccc(Br)c2)CC1. The number of nitrogens with two attached hydrogens (primary N) is 1. The highest BCUT2D eigenvalue weighted by Gasteiger charge is 2.18. The fourth-order valence-corrected chi connectivity index (χ4v) is 3.26. The van der Waals surface area contributed by atoms with Crippen molar-refractivity contribution in [3.63, 3.8) is 0 Å². The number of nitrogens with zero attached hydrogens (tertiary/aromatic N) is 2. The summed E-state index contributed by atoms with van der Waals surface area (Å²) in [4.78, 5) is 4.88. The number of anilines is 2. The second-order valence-electron chi connectivity index (χ2n) is 5.45. The molecule has 2 N–H and O–H groups in total. The summed E-state index contributed by atoms with van der Waals surface area (Å²) in [6, 6.07) is 16.7. The average molecular weight is 346 g/mol. The molecule has 3 rings (SSSR count). The van der Waals surface area contributed by atoms with E-state index in [1.165, 1.54) is 11.3 Å². The molecule has 0 unspecified atom stereocenters. The molecule has 0 aromatic heterocycles. The summed E-state index contributed by atoms with van der Waals surface area (Å²) in [6.45, 7) is 5.21. The van der Waals surface area contributed by atoms with Crippen LogP contribution in [0.25, 0.3) is 0 Å². The summed E-state index contributed by atoms with van der Waals surface area (Å²) in [5.74, 6) is 0. The number of benzene rings is 2. The molecule has 1 heterocycles. The molecule has 1 saturated heterocycles. The van der Waals surface area contributed by atoms with E-state index in [1.54, 1.807) is 0 Å². The standard InChI is InChI=1S/C17H20BrN3/c18-15-5-3-4-14(12-15)13-20-8-10-21(11-9-20)17-7-2-1-6-16(17)19/h1-7,12H,8-11,13,19H2. The van der Waals surface area contributed by atoms with E-state index in [2.05, 4.69) is 62.1 Å². The average Bonchev–Trinajstić information content (AvgIpc) is 2.49. The van der Waals surface area contributed by atoms with Gasteiger partial charge in [-0.2, -0.15) is 0 Å². The third-order valence-corrected chi connectivity index (χ3v) is 4.44. The van der Waals surface area contributed by atoms with Gasteiger partial charge >= 0.3 is 0 Å². The second kappa shape index (κ2) is 6.50. The summed E-state index contributed by atoms with van der Waals surface area (Å²) >= 11 is 3.53. The summed E-state index contributed by atoms with van der Waals surface area (Å²) in [5, 5.41) is 0. The molecule has 2 aromatic rings. The lowest BCUT2D eigenvalue weighted by Gasteiger charge is -2.36. The van der Waals surface area contributed by atoms with Crippen LogP contribution >= 0.6 is 15.9 Å². The molecule has 0 amide bonds. The van der Waals surface area contributed by atoms with Crippen LogP contribution in [-0.4, -0.2) is 31.1 Å². The fraction of sp³-hybridized carbons (Fsp3) is 0.294. The van der Waals surface area contributed by atoms with Gasteiger partial charge in [-0.05, 0) is 29.8 Å². The molecule has 0 aliphatic carbocycles. The Morgan fingerprint density at radius 3 is 2.43 bits per heavy atom. The third kappa shape index (κ3) is 3.57. The Morgan fingerprint density at radius 1 is 0.952 bits per heavy atom. The molecule has 1 aliphatic heterocycles. The maximum atomic E-state index is 6.07. The van der Waals surface area contributed by atoms with E-state index in [0.29, 0.717) is 0 Å². The molecule has 0 bridgehead atoms. The number of hydrogen-bond donors (Lipinski definition) is 1. The monoisotopic (exact) mass is 345 g/mol. The van der Waals surface area contributed by atoms with E-state index in [1.807, 2.05) is 12.1 Å².